The van der Waals surface area contributed by atoms with Gasteiger partial charge in [0.25, 0.3) is 0 Å². The summed E-state index contributed by atoms with van der Waals surface area (Å²) in [6.45, 7) is 7.08. The fraction of sp³-hybridized carbons (Fsp3) is 0.409. The third-order valence-corrected chi connectivity index (χ3v) is 7.13. The molecule has 1 aromatic carbocycles. The van der Waals surface area contributed by atoms with Crippen molar-refractivity contribution in [3.05, 3.63) is 48.4 Å². The minimum absolute atomic E-state index is 0.159. The fourth-order valence-electron chi connectivity index (χ4n) is 3.79. The molecule has 1 N–H and O–H groups in total. The molecule has 0 atom stereocenters. The zero-order valence-corrected chi connectivity index (χ0v) is 20.1. The maximum atomic E-state index is 15.2. The number of piperazine rings is 1. The van der Waals surface area contributed by atoms with Crippen molar-refractivity contribution in [2.24, 2.45) is 5.92 Å². The van der Waals surface area contributed by atoms with E-state index in [0.29, 0.717) is 11.3 Å². The second kappa shape index (κ2) is 9.63. The Hall–Kier alpha value is -3.12. The highest BCUT2D eigenvalue weighted by Crippen LogP contribution is 2.28. The molecule has 3 heterocycles. The van der Waals surface area contributed by atoms with E-state index in [-0.39, 0.29) is 17.4 Å². The van der Waals surface area contributed by atoms with Gasteiger partial charge < -0.3 is 9.80 Å². The highest BCUT2D eigenvalue weighted by atomic mass is 32.2. The van der Waals surface area contributed by atoms with Crippen LogP contribution in [0.15, 0.2) is 36.8 Å². The number of likely N-dealkylation sites (N-methyl/N-ethyl adjacent to an activating group) is 1. The lowest BCUT2D eigenvalue weighted by Crippen LogP contribution is -2.44. The Morgan fingerprint density at radius 3 is 2.56 bits per heavy atom. The van der Waals surface area contributed by atoms with Gasteiger partial charge in [-0.05, 0) is 31.2 Å². The summed E-state index contributed by atoms with van der Waals surface area (Å²) in [5.41, 5.74) is 1.09. The molecule has 0 unspecified atom stereocenters. The molecular formula is C22H27F2N7O2S. The fourth-order valence-corrected chi connectivity index (χ4v) is 5.24. The Kier molecular flexibility index (Phi) is 6.80. The molecule has 9 nitrogen and oxygen atoms in total. The van der Waals surface area contributed by atoms with Gasteiger partial charge in [-0.15, -0.1) is 5.10 Å². The van der Waals surface area contributed by atoms with Crippen LogP contribution in [0, 0.1) is 17.6 Å². The number of hydrogen-bond donors (Lipinski definition) is 1. The molecule has 1 aliphatic rings. The Bertz CT molecular complexity index is 1270. The summed E-state index contributed by atoms with van der Waals surface area (Å²) in [5, 5.41) is 7.95. The van der Waals surface area contributed by atoms with Gasteiger partial charge in [-0.2, -0.15) is 0 Å². The van der Waals surface area contributed by atoms with Crippen molar-refractivity contribution < 1.29 is 17.2 Å². The highest BCUT2D eigenvalue weighted by Gasteiger charge is 2.22. The Labute approximate surface area is 197 Å². The molecule has 0 spiro atoms. The molecule has 0 amide bonds. The molecule has 182 valence electrons. The van der Waals surface area contributed by atoms with Gasteiger partial charge in [0.05, 0.1) is 29.5 Å². The van der Waals surface area contributed by atoms with E-state index in [9.17, 15) is 12.8 Å². The molecule has 0 radical (unpaired) electrons. The van der Waals surface area contributed by atoms with Crippen molar-refractivity contribution in [1.29, 1.82) is 0 Å². The number of anilines is 2. The minimum Gasteiger partial charge on any atom is -0.368 e. The maximum Gasteiger partial charge on any atom is 0.233 e. The molecular weight excluding hydrogens is 464 g/mol. The molecule has 3 aromatic rings. The van der Waals surface area contributed by atoms with Crippen LogP contribution in [0.5, 0.6) is 0 Å². The minimum atomic E-state index is -3.80. The number of hydrogen-bond acceptors (Lipinski definition) is 7. The van der Waals surface area contributed by atoms with Crippen LogP contribution in [-0.2, 0) is 10.0 Å². The zero-order chi connectivity index (χ0) is 24.5. The third kappa shape index (κ3) is 5.33. The standard InChI is InChI=1S/C22H27F2N7O2S/c1-15(2)14-34(32,33)27-19-5-4-18(23)22(21(19)24)31-13-20(26-28-31)16-10-17(12-25-11-16)30-8-6-29(3)7-9-30/h4-5,10-13,15,27H,6-9,14H2,1-3H3. The molecule has 0 aliphatic carbocycles. The van der Waals surface area contributed by atoms with Crippen molar-refractivity contribution in [3.8, 4) is 16.9 Å². The second-order valence-electron chi connectivity index (χ2n) is 8.81. The first-order valence-electron chi connectivity index (χ1n) is 10.9. The summed E-state index contributed by atoms with van der Waals surface area (Å²) in [6.07, 6.45) is 4.76. The number of nitrogens with one attached hydrogen (secondary N) is 1. The number of halogens is 2. The van der Waals surface area contributed by atoms with Crippen molar-refractivity contribution in [1.82, 2.24) is 24.9 Å². The van der Waals surface area contributed by atoms with E-state index in [2.05, 4.69) is 36.9 Å². The summed E-state index contributed by atoms with van der Waals surface area (Å²) in [4.78, 5) is 8.76. The van der Waals surface area contributed by atoms with Crippen LogP contribution in [-0.4, -0.2) is 72.3 Å². The van der Waals surface area contributed by atoms with Crippen LogP contribution in [0.3, 0.4) is 0 Å². The van der Waals surface area contributed by atoms with E-state index in [1.807, 2.05) is 6.07 Å². The lowest BCUT2D eigenvalue weighted by molar-refractivity contribution is 0.313. The maximum absolute atomic E-state index is 15.2. The Morgan fingerprint density at radius 1 is 1.12 bits per heavy atom. The molecule has 2 aromatic heterocycles. The predicted molar refractivity (Wildman–Crippen MR) is 126 cm³/mol. The van der Waals surface area contributed by atoms with Crippen molar-refractivity contribution in [2.45, 2.75) is 13.8 Å². The van der Waals surface area contributed by atoms with Crippen LogP contribution >= 0.6 is 0 Å². The smallest absolute Gasteiger partial charge is 0.233 e. The lowest BCUT2D eigenvalue weighted by atomic mass is 10.2. The van der Waals surface area contributed by atoms with Gasteiger partial charge in [0, 0.05) is 37.9 Å². The average Bonchev–Trinajstić information content (AvgIpc) is 3.25. The van der Waals surface area contributed by atoms with Gasteiger partial charge in [0.2, 0.25) is 10.0 Å². The van der Waals surface area contributed by atoms with E-state index in [4.69, 9.17) is 0 Å². The summed E-state index contributed by atoms with van der Waals surface area (Å²) in [6, 6.07) is 3.95. The SMILES string of the molecule is CC(C)CS(=O)(=O)Nc1ccc(F)c(-n2cc(-c3cncc(N4CCN(C)CC4)c3)nn2)c1F. The van der Waals surface area contributed by atoms with Crippen molar-refractivity contribution in [2.75, 3.05) is 48.6 Å². The van der Waals surface area contributed by atoms with Crippen LogP contribution in [0.1, 0.15) is 13.8 Å². The Balaban J connectivity index is 1.62. The van der Waals surface area contributed by atoms with Crippen molar-refractivity contribution >= 4 is 21.4 Å². The largest absolute Gasteiger partial charge is 0.368 e. The molecule has 0 saturated carbocycles. The van der Waals surface area contributed by atoms with E-state index < -0.39 is 27.3 Å². The van der Waals surface area contributed by atoms with Crippen LogP contribution < -0.4 is 9.62 Å². The Morgan fingerprint density at radius 2 is 1.85 bits per heavy atom. The summed E-state index contributed by atoms with van der Waals surface area (Å²) in [7, 11) is -1.72. The van der Waals surface area contributed by atoms with Gasteiger partial charge in [-0.1, -0.05) is 19.1 Å². The predicted octanol–water partition coefficient (Wildman–Crippen LogP) is 2.76. The van der Waals surface area contributed by atoms with Gasteiger partial charge in [-0.25, -0.2) is 21.9 Å². The number of benzene rings is 1. The topological polar surface area (TPSA) is 96.2 Å². The normalized spacial score (nSPS) is 15.2. The molecule has 1 saturated heterocycles. The molecule has 12 heteroatoms. The first kappa shape index (κ1) is 24.0. The first-order chi connectivity index (χ1) is 16.1. The van der Waals surface area contributed by atoms with E-state index in [1.165, 1.54) is 6.20 Å². The van der Waals surface area contributed by atoms with Gasteiger partial charge >= 0.3 is 0 Å². The second-order valence-corrected chi connectivity index (χ2v) is 10.6. The number of sulfonamides is 1. The van der Waals surface area contributed by atoms with Crippen LogP contribution in [0.2, 0.25) is 0 Å². The van der Waals surface area contributed by atoms with E-state index >= 15 is 4.39 Å². The van der Waals surface area contributed by atoms with Gasteiger partial charge in [0.1, 0.15) is 11.4 Å². The lowest BCUT2D eigenvalue weighted by Gasteiger charge is -2.33. The summed E-state index contributed by atoms with van der Waals surface area (Å²) in [5.74, 6) is -2.32. The zero-order valence-electron chi connectivity index (χ0n) is 19.2. The van der Waals surface area contributed by atoms with E-state index in [0.717, 1.165) is 48.7 Å². The number of nitrogens with zero attached hydrogens (tertiary/aromatic N) is 6. The number of rotatable bonds is 7. The molecule has 34 heavy (non-hydrogen) atoms. The van der Waals surface area contributed by atoms with E-state index in [1.54, 1.807) is 26.2 Å². The van der Waals surface area contributed by atoms with Gasteiger partial charge in [0.15, 0.2) is 11.6 Å². The molecule has 4 rings (SSSR count). The molecule has 1 aliphatic heterocycles. The molecule has 1 fully saturated rings. The van der Waals surface area contributed by atoms with Crippen LogP contribution in [0.25, 0.3) is 16.9 Å². The van der Waals surface area contributed by atoms with Crippen molar-refractivity contribution in [3.63, 3.8) is 0 Å². The van der Waals surface area contributed by atoms with Gasteiger partial charge in [-0.3, -0.25) is 9.71 Å². The highest BCUT2D eigenvalue weighted by molar-refractivity contribution is 7.92. The number of pyridine rings is 1. The quantitative estimate of drug-likeness (QED) is 0.543. The molecule has 0 bridgehead atoms. The first-order valence-corrected chi connectivity index (χ1v) is 12.6. The monoisotopic (exact) mass is 491 g/mol. The summed E-state index contributed by atoms with van der Waals surface area (Å²) >= 11 is 0. The van der Waals surface area contributed by atoms with Crippen LogP contribution in [0.4, 0.5) is 20.2 Å². The number of aromatic nitrogens is 4. The average molecular weight is 492 g/mol. The summed E-state index contributed by atoms with van der Waals surface area (Å²) < 4.78 is 57.4. The third-order valence-electron chi connectivity index (χ3n) is 5.50.